The average Bonchev–Trinajstić information content (AvgIpc) is 3.15. The summed E-state index contributed by atoms with van der Waals surface area (Å²) in [4.78, 5) is 38.6. The van der Waals surface area contributed by atoms with E-state index in [0.29, 0.717) is 22.0 Å². The summed E-state index contributed by atoms with van der Waals surface area (Å²) >= 11 is 0.716. The molecule has 0 aliphatic heterocycles. The summed E-state index contributed by atoms with van der Waals surface area (Å²) in [6.07, 6.45) is 0. The molecule has 164 valence electrons. The van der Waals surface area contributed by atoms with Crippen molar-refractivity contribution in [3.8, 4) is 11.4 Å². The van der Waals surface area contributed by atoms with Crippen molar-refractivity contribution in [1.29, 1.82) is 0 Å². The van der Waals surface area contributed by atoms with Gasteiger partial charge in [0.1, 0.15) is 28.9 Å². The van der Waals surface area contributed by atoms with Gasteiger partial charge >= 0.3 is 11.7 Å². The van der Waals surface area contributed by atoms with Gasteiger partial charge in [-0.2, -0.15) is 0 Å². The lowest BCUT2D eigenvalue weighted by molar-refractivity contribution is 0.0704. The number of halogens is 4. The van der Waals surface area contributed by atoms with Crippen molar-refractivity contribution in [1.82, 2.24) is 9.55 Å². The maximum atomic E-state index is 14.5. The van der Waals surface area contributed by atoms with Crippen molar-refractivity contribution >= 4 is 28.2 Å². The highest BCUT2D eigenvalue weighted by Gasteiger charge is 2.21. The zero-order valence-corrected chi connectivity index (χ0v) is 16.4. The second kappa shape index (κ2) is 7.96. The largest absolute Gasteiger partial charge is 0.489 e. The molecule has 0 spiro atoms. The van der Waals surface area contributed by atoms with Crippen LogP contribution in [0.1, 0.15) is 15.2 Å². The van der Waals surface area contributed by atoms with Crippen LogP contribution < -0.4 is 16.0 Å². The number of hydrogen-bond acceptors (Lipinski definition) is 5. The number of rotatable bonds is 5. The molecule has 0 bridgehead atoms. The first kappa shape index (κ1) is 21.3. The van der Waals surface area contributed by atoms with Gasteiger partial charge in [-0.3, -0.25) is 4.79 Å². The number of nitrogens with one attached hydrogen (secondary N) is 1. The number of fused-ring (bicyclic) bond motifs is 1. The number of H-pyrrole nitrogens is 1. The van der Waals surface area contributed by atoms with Gasteiger partial charge in [-0.1, -0.05) is 0 Å². The molecule has 0 atom stereocenters. The zero-order chi connectivity index (χ0) is 23.2. The van der Waals surface area contributed by atoms with Crippen LogP contribution in [0.2, 0.25) is 0 Å². The molecule has 0 fully saturated rings. The Morgan fingerprint density at radius 2 is 1.84 bits per heavy atom. The van der Waals surface area contributed by atoms with Gasteiger partial charge in [-0.25, -0.2) is 31.7 Å². The first-order valence-corrected chi connectivity index (χ1v) is 9.61. The smallest absolute Gasteiger partial charge is 0.346 e. The summed E-state index contributed by atoms with van der Waals surface area (Å²) in [7, 11) is 0. The predicted molar refractivity (Wildman–Crippen MR) is 106 cm³/mol. The number of carbonyl (C=O) groups is 1. The predicted octanol–water partition coefficient (Wildman–Crippen LogP) is 3.57. The monoisotopic (exact) mass is 466 g/mol. The summed E-state index contributed by atoms with van der Waals surface area (Å²) in [6, 6.07) is 3.97. The molecule has 12 heteroatoms. The van der Waals surface area contributed by atoms with Crippen molar-refractivity contribution in [2.75, 3.05) is 0 Å². The lowest BCUT2D eigenvalue weighted by Gasteiger charge is -2.11. The molecular weight excluding hydrogens is 456 g/mol. The maximum Gasteiger partial charge on any atom is 0.346 e. The Kier molecular flexibility index (Phi) is 5.30. The molecule has 0 radical (unpaired) electrons. The summed E-state index contributed by atoms with van der Waals surface area (Å²) in [5.74, 6) is -6.34. The lowest BCUT2D eigenvalue weighted by Crippen LogP contribution is -2.34. The van der Waals surface area contributed by atoms with Crippen LogP contribution in [0.25, 0.3) is 16.6 Å². The second-order valence-electron chi connectivity index (χ2n) is 6.49. The number of carboxylic acid groups (broad SMARTS) is 1. The SMILES string of the molecule is O=C(O)c1scc2[nH]c(=O)n(-c3cc(OCc4cc(F)cc(F)c4F)ccc3F)c(=O)c12. The quantitative estimate of drug-likeness (QED) is 0.346. The molecule has 0 aliphatic rings. The maximum absolute atomic E-state index is 14.5. The van der Waals surface area contributed by atoms with Crippen molar-refractivity contribution < 1.29 is 32.2 Å². The van der Waals surface area contributed by atoms with E-state index in [1.165, 1.54) is 5.38 Å². The summed E-state index contributed by atoms with van der Waals surface area (Å²) in [5.41, 5.74) is -3.14. The molecule has 32 heavy (non-hydrogen) atoms. The lowest BCUT2D eigenvalue weighted by atomic mass is 10.2. The molecule has 2 N–H and O–H groups in total. The first-order chi connectivity index (χ1) is 15.2. The van der Waals surface area contributed by atoms with Crippen LogP contribution in [-0.4, -0.2) is 20.6 Å². The van der Waals surface area contributed by atoms with Crippen molar-refractivity contribution in [3.05, 3.63) is 90.3 Å². The van der Waals surface area contributed by atoms with Crippen LogP contribution >= 0.6 is 11.3 Å². The summed E-state index contributed by atoms with van der Waals surface area (Å²) in [5, 5.41) is 10.2. The van der Waals surface area contributed by atoms with E-state index in [2.05, 4.69) is 4.98 Å². The van der Waals surface area contributed by atoms with Gasteiger partial charge in [-0.05, 0) is 18.2 Å². The highest BCUT2D eigenvalue weighted by Crippen LogP contribution is 2.24. The van der Waals surface area contributed by atoms with E-state index >= 15 is 0 Å². The minimum atomic E-state index is -1.42. The van der Waals surface area contributed by atoms with E-state index in [1.54, 1.807) is 0 Å². The molecule has 0 unspecified atom stereocenters. The molecule has 2 heterocycles. The molecule has 4 aromatic rings. The average molecular weight is 466 g/mol. The third-order valence-electron chi connectivity index (χ3n) is 4.47. The fourth-order valence-corrected chi connectivity index (χ4v) is 3.87. The number of hydrogen-bond donors (Lipinski definition) is 2. The van der Waals surface area contributed by atoms with Crippen LogP contribution in [0.15, 0.2) is 45.3 Å². The minimum Gasteiger partial charge on any atom is -0.489 e. The summed E-state index contributed by atoms with van der Waals surface area (Å²) in [6.45, 7) is -0.635. The van der Waals surface area contributed by atoms with Crippen molar-refractivity contribution in [2.24, 2.45) is 0 Å². The van der Waals surface area contributed by atoms with Crippen molar-refractivity contribution in [2.45, 2.75) is 6.61 Å². The van der Waals surface area contributed by atoms with Gasteiger partial charge in [0.2, 0.25) is 0 Å². The Labute approximate surface area is 178 Å². The third-order valence-corrected chi connectivity index (χ3v) is 5.44. The van der Waals surface area contributed by atoms with E-state index < -0.39 is 58.3 Å². The first-order valence-electron chi connectivity index (χ1n) is 8.73. The Balaban J connectivity index is 1.78. The molecule has 0 aliphatic carbocycles. The standard InChI is InChI=1S/C20H10F4N2O5S/c21-9-3-8(16(24)12(23)4-9)6-31-10-1-2-11(22)14(5-10)26-18(27)15-13(25-20(26)30)7-32-17(15)19(28)29/h1-5,7H,6H2,(H,25,30)(H,28,29). The Morgan fingerprint density at radius 3 is 2.56 bits per heavy atom. The van der Waals surface area contributed by atoms with Crippen LogP contribution in [0.3, 0.4) is 0 Å². The van der Waals surface area contributed by atoms with E-state index in [0.717, 1.165) is 24.3 Å². The molecule has 2 aromatic carbocycles. The van der Waals surface area contributed by atoms with Gasteiger partial charge in [0, 0.05) is 23.1 Å². The van der Waals surface area contributed by atoms with Crippen LogP contribution in [0.4, 0.5) is 17.6 Å². The molecule has 4 rings (SSSR count). The zero-order valence-electron chi connectivity index (χ0n) is 15.6. The molecule has 0 amide bonds. The highest BCUT2D eigenvalue weighted by molar-refractivity contribution is 7.13. The van der Waals surface area contributed by atoms with Crippen LogP contribution in [0, 0.1) is 23.3 Å². The number of carboxylic acids is 1. The minimum absolute atomic E-state index is 0.0185. The third kappa shape index (κ3) is 3.64. The van der Waals surface area contributed by atoms with E-state index in [-0.39, 0.29) is 21.5 Å². The number of ether oxygens (including phenoxy) is 1. The van der Waals surface area contributed by atoms with E-state index in [4.69, 9.17) is 4.74 Å². The fourth-order valence-electron chi connectivity index (χ4n) is 3.04. The molecule has 0 saturated carbocycles. The van der Waals surface area contributed by atoms with Crippen molar-refractivity contribution in [3.63, 3.8) is 0 Å². The Bertz CT molecular complexity index is 1510. The number of nitrogens with zero attached hydrogens (tertiary/aromatic N) is 1. The number of aromatic amines is 1. The second-order valence-corrected chi connectivity index (χ2v) is 7.37. The van der Waals surface area contributed by atoms with Gasteiger partial charge in [0.05, 0.1) is 16.6 Å². The van der Waals surface area contributed by atoms with E-state index in [9.17, 15) is 37.1 Å². The molecule has 2 aromatic heterocycles. The van der Waals surface area contributed by atoms with Crippen LogP contribution in [-0.2, 0) is 6.61 Å². The van der Waals surface area contributed by atoms with Gasteiger partial charge in [0.15, 0.2) is 11.6 Å². The number of benzene rings is 2. The normalized spacial score (nSPS) is 11.1. The van der Waals surface area contributed by atoms with E-state index in [1.807, 2.05) is 0 Å². The highest BCUT2D eigenvalue weighted by atomic mass is 32.1. The van der Waals surface area contributed by atoms with Gasteiger partial charge in [0.25, 0.3) is 5.56 Å². The number of aromatic carboxylic acids is 1. The van der Waals surface area contributed by atoms with Crippen LogP contribution in [0.5, 0.6) is 5.75 Å². The molecular formula is C20H10F4N2O5S. The Hall–Kier alpha value is -3.93. The van der Waals surface area contributed by atoms with Gasteiger partial charge in [-0.15, -0.1) is 11.3 Å². The fraction of sp³-hybridized carbons (Fsp3) is 0.0500. The Morgan fingerprint density at radius 1 is 1.09 bits per heavy atom. The topological polar surface area (TPSA) is 101 Å². The van der Waals surface area contributed by atoms with Gasteiger partial charge < -0.3 is 14.8 Å². The number of aromatic nitrogens is 2. The summed E-state index contributed by atoms with van der Waals surface area (Å²) < 4.78 is 60.6. The molecule has 7 nitrogen and oxygen atoms in total. The molecule has 0 saturated heterocycles. The number of thiophene rings is 1.